The minimum Gasteiger partial charge on any atom is -0.494 e. The molecule has 0 aliphatic carbocycles. The predicted molar refractivity (Wildman–Crippen MR) is 141 cm³/mol. The van der Waals surface area contributed by atoms with E-state index in [2.05, 4.69) is 30.8 Å². The minimum atomic E-state index is -0.404. The van der Waals surface area contributed by atoms with Gasteiger partial charge in [0.05, 0.1) is 35.1 Å². The van der Waals surface area contributed by atoms with E-state index in [9.17, 15) is 10.1 Å². The van der Waals surface area contributed by atoms with Crippen molar-refractivity contribution in [2.45, 2.75) is 0 Å². The smallest absolute Gasteiger partial charge is 0.294 e. The molecule has 0 bridgehead atoms. The second kappa shape index (κ2) is 10.4. The summed E-state index contributed by atoms with van der Waals surface area (Å²) in [7, 11) is 9.02. The summed E-state index contributed by atoms with van der Waals surface area (Å²) >= 11 is 0. The number of hydrogen-bond acceptors (Lipinski definition) is 10. The van der Waals surface area contributed by atoms with Crippen LogP contribution in [0, 0.1) is 10.1 Å². The molecule has 2 aromatic carbocycles. The third kappa shape index (κ3) is 4.98. The minimum absolute atomic E-state index is 0.0510. The molecule has 3 N–H and O–H groups in total. The summed E-state index contributed by atoms with van der Waals surface area (Å²) in [4.78, 5) is 24.4. The maximum absolute atomic E-state index is 11.9. The number of nitrogens with one attached hydrogen (secondary N) is 3. The molecular weight excluding hydrogens is 462 g/mol. The van der Waals surface area contributed by atoms with Crippen LogP contribution < -0.4 is 20.3 Å². The number of fused-ring (bicyclic) bond motifs is 1. The Morgan fingerprint density at radius 3 is 2.58 bits per heavy atom. The zero-order valence-electron chi connectivity index (χ0n) is 20.9. The van der Waals surface area contributed by atoms with Crippen molar-refractivity contribution >= 4 is 39.6 Å². The molecule has 4 aromatic rings. The van der Waals surface area contributed by atoms with Crippen LogP contribution in [0.5, 0.6) is 5.75 Å². The van der Waals surface area contributed by atoms with Gasteiger partial charge in [-0.3, -0.25) is 15.2 Å². The SMILES string of the molecule is CNc1cnc(Nc2cc([N+](=O)[O-])c(N(C)CCN(C)C)cc2OC)nc1-c1n[nH]c2ccccc12. The number of nitrogens with zero attached hydrogens (tertiary/aromatic N) is 6. The Kier molecular flexibility index (Phi) is 7.15. The summed E-state index contributed by atoms with van der Waals surface area (Å²) in [5, 5.41) is 26.5. The lowest BCUT2D eigenvalue weighted by Gasteiger charge is -2.22. The molecular formula is C24H29N9O3. The number of nitro benzene ring substituents is 1. The number of nitro groups is 1. The van der Waals surface area contributed by atoms with Gasteiger partial charge in [-0.15, -0.1) is 0 Å². The van der Waals surface area contributed by atoms with Gasteiger partial charge in [0.25, 0.3) is 5.69 Å². The van der Waals surface area contributed by atoms with E-state index in [1.54, 1.807) is 19.3 Å². The maximum atomic E-state index is 11.9. The van der Waals surface area contributed by atoms with Gasteiger partial charge in [-0.05, 0) is 20.2 Å². The molecule has 0 aliphatic heterocycles. The first kappa shape index (κ1) is 24.7. The molecule has 12 nitrogen and oxygen atoms in total. The molecule has 0 fully saturated rings. The van der Waals surface area contributed by atoms with Crippen LogP contribution in [0.25, 0.3) is 22.3 Å². The van der Waals surface area contributed by atoms with Gasteiger partial charge >= 0.3 is 0 Å². The highest BCUT2D eigenvalue weighted by molar-refractivity contribution is 5.95. The van der Waals surface area contributed by atoms with Gasteiger partial charge in [0.15, 0.2) is 0 Å². The number of aromatic amines is 1. The number of hydrogen-bond donors (Lipinski definition) is 3. The van der Waals surface area contributed by atoms with Crippen LogP contribution in [0.3, 0.4) is 0 Å². The Labute approximate surface area is 208 Å². The molecule has 2 aromatic heterocycles. The van der Waals surface area contributed by atoms with E-state index in [1.807, 2.05) is 55.2 Å². The molecule has 188 valence electrons. The highest BCUT2D eigenvalue weighted by atomic mass is 16.6. The van der Waals surface area contributed by atoms with Crippen molar-refractivity contribution in [3.05, 3.63) is 52.7 Å². The lowest BCUT2D eigenvalue weighted by Crippen LogP contribution is -2.28. The van der Waals surface area contributed by atoms with Crippen molar-refractivity contribution < 1.29 is 9.66 Å². The first-order valence-corrected chi connectivity index (χ1v) is 11.3. The fourth-order valence-electron chi connectivity index (χ4n) is 3.82. The van der Waals surface area contributed by atoms with Crippen LogP contribution in [-0.4, -0.2) is 78.4 Å². The second-order valence-electron chi connectivity index (χ2n) is 8.47. The summed E-state index contributed by atoms with van der Waals surface area (Å²) in [6.45, 7) is 1.35. The Morgan fingerprint density at radius 2 is 1.89 bits per heavy atom. The number of aromatic nitrogens is 4. The van der Waals surface area contributed by atoms with Gasteiger partial charge in [-0.25, -0.2) is 9.97 Å². The van der Waals surface area contributed by atoms with E-state index < -0.39 is 4.92 Å². The lowest BCUT2D eigenvalue weighted by atomic mass is 10.1. The molecule has 0 aliphatic rings. The molecule has 4 rings (SSSR count). The Balaban J connectivity index is 1.73. The van der Waals surface area contributed by atoms with Gasteiger partial charge in [0.2, 0.25) is 5.95 Å². The normalized spacial score (nSPS) is 11.1. The average Bonchev–Trinajstić information content (AvgIpc) is 3.31. The summed E-state index contributed by atoms with van der Waals surface area (Å²) in [5.41, 5.74) is 3.60. The van der Waals surface area contributed by atoms with E-state index in [4.69, 9.17) is 4.74 Å². The van der Waals surface area contributed by atoms with Crippen molar-refractivity contribution in [2.24, 2.45) is 0 Å². The molecule has 36 heavy (non-hydrogen) atoms. The molecule has 2 heterocycles. The molecule has 0 atom stereocenters. The number of ether oxygens (including phenoxy) is 1. The molecule has 0 saturated carbocycles. The van der Waals surface area contributed by atoms with E-state index in [1.165, 1.54) is 13.2 Å². The second-order valence-corrected chi connectivity index (χ2v) is 8.47. The summed E-state index contributed by atoms with van der Waals surface area (Å²) < 4.78 is 5.57. The fraction of sp³-hybridized carbons (Fsp3) is 0.292. The van der Waals surface area contributed by atoms with Crippen molar-refractivity contribution in [1.82, 2.24) is 25.1 Å². The molecule has 0 radical (unpaired) electrons. The first-order valence-electron chi connectivity index (χ1n) is 11.3. The molecule has 0 saturated heterocycles. The van der Waals surface area contributed by atoms with Crippen LogP contribution in [-0.2, 0) is 0 Å². The van der Waals surface area contributed by atoms with Gasteiger partial charge in [-0.1, -0.05) is 18.2 Å². The number of anilines is 4. The fourth-order valence-corrected chi connectivity index (χ4v) is 3.82. The molecule has 0 amide bonds. The quantitative estimate of drug-likeness (QED) is 0.222. The van der Waals surface area contributed by atoms with E-state index in [0.29, 0.717) is 40.7 Å². The average molecular weight is 492 g/mol. The third-order valence-electron chi connectivity index (χ3n) is 5.79. The highest BCUT2D eigenvalue weighted by Gasteiger charge is 2.23. The van der Waals surface area contributed by atoms with Gasteiger partial charge < -0.3 is 25.2 Å². The number of H-pyrrole nitrogens is 1. The van der Waals surface area contributed by atoms with Crippen LogP contribution in [0.4, 0.5) is 28.7 Å². The summed E-state index contributed by atoms with van der Waals surface area (Å²) in [6.07, 6.45) is 1.64. The van der Waals surface area contributed by atoms with Crippen LogP contribution in [0.15, 0.2) is 42.6 Å². The Hall–Kier alpha value is -4.45. The number of likely N-dealkylation sites (N-methyl/N-ethyl adjacent to an activating group) is 2. The van der Waals surface area contributed by atoms with Crippen molar-refractivity contribution in [2.75, 3.05) is 63.9 Å². The van der Waals surface area contributed by atoms with Crippen LogP contribution in [0.1, 0.15) is 0 Å². The van der Waals surface area contributed by atoms with Crippen molar-refractivity contribution in [3.8, 4) is 17.1 Å². The van der Waals surface area contributed by atoms with E-state index in [-0.39, 0.29) is 11.6 Å². The van der Waals surface area contributed by atoms with Crippen LogP contribution in [0.2, 0.25) is 0 Å². The standard InChI is InChI=1S/C24H29N9O3/c1-25-18-14-26-24(28-23(18)22-15-8-6-7-9-16(15)29-30-22)27-17-12-20(33(34)35)19(13-21(17)36-5)32(4)11-10-31(2)3/h6-9,12-14,25H,10-11H2,1-5H3,(H,29,30)(H,26,27,28). The maximum Gasteiger partial charge on any atom is 0.294 e. The third-order valence-corrected chi connectivity index (χ3v) is 5.79. The van der Waals surface area contributed by atoms with Crippen LogP contribution >= 0.6 is 0 Å². The monoisotopic (exact) mass is 491 g/mol. The van der Waals surface area contributed by atoms with Gasteiger partial charge in [0, 0.05) is 44.7 Å². The van der Waals surface area contributed by atoms with Gasteiger partial charge in [0.1, 0.15) is 22.8 Å². The Bertz CT molecular complexity index is 1390. The zero-order chi connectivity index (χ0) is 25.8. The number of methoxy groups -OCH3 is 1. The van der Waals surface area contributed by atoms with Crippen molar-refractivity contribution in [3.63, 3.8) is 0 Å². The Morgan fingerprint density at radius 1 is 1.11 bits per heavy atom. The van der Waals surface area contributed by atoms with Gasteiger partial charge in [-0.2, -0.15) is 5.10 Å². The predicted octanol–water partition coefficient (Wildman–Crippen LogP) is 3.72. The number of rotatable bonds is 10. The topological polar surface area (TPSA) is 137 Å². The van der Waals surface area contributed by atoms with E-state index >= 15 is 0 Å². The molecule has 0 unspecified atom stereocenters. The number of benzene rings is 2. The molecule has 0 spiro atoms. The first-order chi connectivity index (χ1) is 17.3. The summed E-state index contributed by atoms with van der Waals surface area (Å²) in [6, 6.07) is 10.9. The summed E-state index contributed by atoms with van der Waals surface area (Å²) in [5.74, 6) is 0.678. The lowest BCUT2D eigenvalue weighted by molar-refractivity contribution is -0.384. The number of para-hydroxylation sites is 1. The highest BCUT2D eigenvalue weighted by Crippen LogP contribution is 2.39. The van der Waals surface area contributed by atoms with E-state index in [0.717, 1.165) is 17.4 Å². The largest absolute Gasteiger partial charge is 0.494 e. The molecule has 12 heteroatoms. The zero-order valence-corrected chi connectivity index (χ0v) is 20.9. The van der Waals surface area contributed by atoms with Crippen molar-refractivity contribution in [1.29, 1.82) is 0 Å².